The molecule has 1 saturated carbocycles. The van der Waals surface area contributed by atoms with Gasteiger partial charge in [0.2, 0.25) is 5.91 Å². The Kier molecular flexibility index (Phi) is 7.77. The molecule has 9 nitrogen and oxygen atoms in total. The zero-order valence-electron chi connectivity index (χ0n) is 18.6. The number of fused-ring (bicyclic) bond motifs is 1. The number of halogens is 3. The molecule has 182 valence electrons. The molecule has 4 rings (SSSR count). The highest BCUT2D eigenvalue weighted by Crippen LogP contribution is 2.32. The monoisotopic (exact) mass is 471 g/mol. The summed E-state index contributed by atoms with van der Waals surface area (Å²) in [4.78, 5) is 23.6. The van der Waals surface area contributed by atoms with Crippen LogP contribution >= 0.6 is 0 Å². The Labute approximate surface area is 189 Å². The van der Waals surface area contributed by atoms with E-state index in [4.69, 9.17) is 14.6 Å². The van der Waals surface area contributed by atoms with E-state index in [1.165, 1.54) is 18.5 Å². The summed E-state index contributed by atoms with van der Waals surface area (Å²) in [6.45, 7) is 5.76. The highest BCUT2D eigenvalue weighted by atomic mass is 19.4. The Hall–Kier alpha value is -2.89. The average molecular weight is 471 g/mol. The molecule has 12 heteroatoms. The third-order valence-electron chi connectivity index (χ3n) is 5.51. The lowest BCUT2D eigenvalue weighted by Crippen LogP contribution is -2.41. The maximum atomic E-state index is 12.8. The summed E-state index contributed by atoms with van der Waals surface area (Å²) < 4.78 is 41.5. The van der Waals surface area contributed by atoms with Gasteiger partial charge in [-0.1, -0.05) is 0 Å². The number of hydrogen-bond donors (Lipinski definition) is 1. The van der Waals surface area contributed by atoms with E-state index in [0.717, 1.165) is 30.3 Å². The van der Waals surface area contributed by atoms with Gasteiger partial charge in [0.15, 0.2) is 0 Å². The largest absolute Gasteiger partial charge is 0.490 e. The second-order valence-electron chi connectivity index (χ2n) is 8.28. The van der Waals surface area contributed by atoms with Crippen LogP contribution in [0.5, 0.6) is 0 Å². The van der Waals surface area contributed by atoms with E-state index < -0.39 is 12.1 Å². The van der Waals surface area contributed by atoms with E-state index in [1.807, 2.05) is 30.4 Å². The predicted molar refractivity (Wildman–Crippen MR) is 110 cm³/mol. The Bertz CT molecular complexity index is 968. The van der Waals surface area contributed by atoms with Crippen LogP contribution in [0.3, 0.4) is 0 Å². The number of aromatic nitrogens is 4. The quantitative estimate of drug-likeness (QED) is 0.665. The number of nitrogens with zero attached hydrogens (tertiary/aromatic N) is 5. The van der Waals surface area contributed by atoms with E-state index >= 15 is 0 Å². The number of carbonyl (C=O) groups is 2. The molecular formula is C21H28F3N5O4. The Morgan fingerprint density at radius 1 is 1.27 bits per heavy atom. The predicted octanol–water partition coefficient (Wildman–Crippen LogP) is 2.36. The summed E-state index contributed by atoms with van der Waals surface area (Å²) in [5.74, 6) is -1.71. The van der Waals surface area contributed by atoms with Crippen molar-refractivity contribution in [3.8, 4) is 0 Å². The molecular weight excluding hydrogens is 443 g/mol. The minimum Gasteiger partial charge on any atom is -0.475 e. The maximum Gasteiger partial charge on any atom is 0.490 e. The van der Waals surface area contributed by atoms with E-state index in [9.17, 15) is 18.0 Å². The number of rotatable bonds is 7. The van der Waals surface area contributed by atoms with Gasteiger partial charge in [0.25, 0.3) is 0 Å². The molecule has 2 aliphatic rings. The second kappa shape index (κ2) is 10.4. The first kappa shape index (κ1) is 24.7. The normalized spacial score (nSPS) is 17.8. The van der Waals surface area contributed by atoms with Crippen LogP contribution in [0, 0.1) is 5.92 Å². The lowest BCUT2D eigenvalue weighted by atomic mass is 9.96. The molecule has 0 radical (unpaired) electrons. The summed E-state index contributed by atoms with van der Waals surface area (Å²) in [5.41, 5.74) is 3.20. The van der Waals surface area contributed by atoms with Gasteiger partial charge < -0.3 is 14.7 Å². The van der Waals surface area contributed by atoms with Gasteiger partial charge in [0, 0.05) is 51.0 Å². The molecule has 1 aliphatic carbocycles. The van der Waals surface area contributed by atoms with E-state index in [0.29, 0.717) is 26.1 Å². The first-order chi connectivity index (χ1) is 15.6. The zero-order valence-corrected chi connectivity index (χ0v) is 18.6. The molecule has 2 aromatic rings. The standard InChI is InChI=1S/C19H27N5O2.C2HF3O2/c1-3-24-19-15(9-20-24)10-23(11-16(19)13-26-12-14-4-5-14)18(25)8-17-6-7-22(2)21-17;3-2(4,5)1(6)7/h6-7,9,14,16H,3-5,8,10-13H2,1-2H3;(H,6,7). The topological polar surface area (TPSA) is 102 Å². The van der Waals surface area contributed by atoms with Crippen LogP contribution in [0.25, 0.3) is 0 Å². The number of alkyl halides is 3. The highest BCUT2D eigenvalue weighted by Gasteiger charge is 2.38. The lowest BCUT2D eigenvalue weighted by Gasteiger charge is -2.33. The molecule has 1 atom stereocenters. The van der Waals surface area contributed by atoms with Gasteiger partial charge in [0.05, 0.1) is 30.6 Å². The first-order valence-corrected chi connectivity index (χ1v) is 10.8. The molecule has 33 heavy (non-hydrogen) atoms. The molecule has 0 aromatic carbocycles. The van der Waals surface area contributed by atoms with Crippen molar-refractivity contribution in [3.05, 3.63) is 35.4 Å². The minimum atomic E-state index is -5.08. The number of aryl methyl sites for hydroxylation is 2. The van der Waals surface area contributed by atoms with Gasteiger partial charge in [-0.15, -0.1) is 0 Å². The van der Waals surface area contributed by atoms with Crippen molar-refractivity contribution in [2.45, 2.75) is 51.4 Å². The molecule has 0 spiro atoms. The summed E-state index contributed by atoms with van der Waals surface area (Å²) >= 11 is 0. The fourth-order valence-corrected chi connectivity index (χ4v) is 3.71. The number of carbonyl (C=O) groups excluding carboxylic acids is 1. The summed E-state index contributed by atoms with van der Waals surface area (Å²) in [5, 5.41) is 16.0. The van der Waals surface area contributed by atoms with Crippen LogP contribution < -0.4 is 0 Å². The Morgan fingerprint density at radius 2 is 1.97 bits per heavy atom. The van der Waals surface area contributed by atoms with Crippen LogP contribution in [-0.2, 0) is 40.9 Å². The van der Waals surface area contributed by atoms with Gasteiger partial charge in [-0.2, -0.15) is 23.4 Å². The minimum absolute atomic E-state index is 0.116. The van der Waals surface area contributed by atoms with Gasteiger partial charge in [-0.3, -0.25) is 14.2 Å². The average Bonchev–Trinajstić information content (AvgIpc) is 3.33. The second-order valence-corrected chi connectivity index (χ2v) is 8.28. The van der Waals surface area contributed by atoms with Crippen molar-refractivity contribution in [2.24, 2.45) is 13.0 Å². The summed E-state index contributed by atoms with van der Waals surface area (Å²) in [6.07, 6.45) is 1.62. The lowest BCUT2D eigenvalue weighted by molar-refractivity contribution is -0.192. The first-order valence-electron chi connectivity index (χ1n) is 10.8. The molecule has 1 amide bonds. The van der Waals surface area contributed by atoms with Crippen LogP contribution in [0.2, 0.25) is 0 Å². The molecule has 0 bridgehead atoms. The SMILES string of the molecule is CCn1ncc2c1C(COCC1CC1)CN(C(=O)Cc1ccn(C)n1)C2.O=C(O)C(F)(F)F. The van der Waals surface area contributed by atoms with E-state index in [1.54, 1.807) is 4.68 Å². The molecule has 1 fully saturated rings. The number of amides is 1. The maximum absolute atomic E-state index is 12.8. The van der Waals surface area contributed by atoms with Crippen molar-refractivity contribution < 1.29 is 32.6 Å². The summed E-state index contributed by atoms with van der Waals surface area (Å²) in [7, 11) is 1.87. The van der Waals surface area contributed by atoms with Gasteiger partial charge in [-0.25, -0.2) is 4.79 Å². The van der Waals surface area contributed by atoms with Crippen LogP contribution in [-0.4, -0.2) is 67.4 Å². The van der Waals surface area contributed by atoms with Crippen molar-refractivity contribution in [3.63, 3.8) is 0 Å². The van der Waals surface area contributed by atoms with Crippen molar-refractivity contribution in [1.29, 1.82) is 0 Å². The third kappa shape index (κ3) is 6.80. The van der Waals surface area contributed by atoms with Crippen LogP contribution in [0.1, 0.15) is 42.6 Å². The number of hydrogen-bond acceptors (Lipinski definition) is 5. The van der Waals surface area contributed by atoms with Crippen LogP contribution in [0.4, 0.5) is 13.2 Å². The molecule has 0 saturated heterocycles. The van der Waals surface area contributed by atoms with Gasteiger partial charge in [0.1, 0.15) is 0 Å². The van der Waals surface area contributed by atoms with Crippen molar-refractivity contribution in [1.82, 2.24) is 24.5 Å². The highest BCUT2D eigenvalue weighted by molar-refractivity contribution is 5.78. The van der Waals surface area contributed by atoms with E-state index in [-0.39, 0.29) is 11.8 Å². The smallest absolute Gasteiger partial charge is 0.475 e. The third-order valence-corrected chi connectivity index (χ3v) is 5.51. The number of ether oxygens (including phenoxy) is 1. The zero-order chi connectivity index (χ0) is 24.2. The van der Waals surface area contributed by atoms with Gasteiger partial charge >= 0.3 is 12.1 Å². The Balaban J connectivity index is 0.000000383. The molecule has 2 aromatic heterocycles. The number of aliphatic carboxylic acids is 1. The molecule has 3 heterocycles. The van der Waals surface area contributed by atoms with Gasteiger partial charge in [-0.05, 0) is 31.7 Å². The number of carboxylic acid groups (broad SMARTS) is 1. The summed E-state index contributed by atoms with van der Waals surface area (Å²) in [6, 6.07) is 1.90. The van der Waals surface area contributed by atoms with Crippen molar-refractivity contribution in [2.75, 3.05) is 19.8 Å². The van der Waals surface area contributed by atoms with Crippen LogP contribution in [0.15, 0.2) is 18.5 Å². The molecule has 1 aliphatic heterocycles. The molecule has 1 N–H and O–H groups in total. The number of carboxylic acids is 1. The molecule has 1 unspecified atom stereocenters. The van der Waals surface area contributed by atoms with E-state index in [2.05, 4.69) is 21.8 Å². The van der Waals surface area contributed by atoms with Crippen molar-refractivity contribution >= 4 is 11.9 Å². The fourth-order valence-electron chi connectivity index (χ4n) is 3.71. The Morgan fingerprint density at radius 3 is 2.52 bits per heavy atom. The fraction of sp³-hybridized carbons (Fsp3) is 0.619.